The van der Waals surface area contributed by atoms with Crippen molar-refractivity contribution in [3.8, 4) is 0 Å². The van der Waals surface area contributed by atoms with E-state index in [2.05, 4.69) is 10.6 Å². The molecule has 0 aromatic rings. The van der Waals surface area contributed by atoms with Crippen LogP contribution < -0.4 is 10.6 Å². The molecule has 0 aliphatic carbocycles. The quantitative estimate of drug-likeness (QED) is 0.220. The maximum atomic E-state index is 12.3. The van der Waals surface area contributed by atoms with Crippen LogP contribution in [0.2, 0.25) is 0 Å². The van der Waals surface area contributed by atoms with Crippen molar-refractivity contribution in [1.29, 1.82) is 0 Å². The van der Waals surface area contributed by atoms with E-state index in [-0.39, 0.29) is 32.4 Å². The molecule has 12 heteroatoms. The lowest BCUT2D eigenvalue weighted by Crippen LogP contribution is -2.51. The second-order valence-corrected chi connectivity index (χ2v) is 5.93. The molecule has 0 spiro atoms. The summed E-state index contributed by atoms with van der Waals surface area (Å²) in [6.45, 7) is -0.0907. The molecule has 2 unspecified atom stereocenters. The maximum absolute atomic E-state index is 12.3. The highest BCUT2D eigenvalue weighted by molar-refractivity contribution is 6.12. The number of carboxylic acids is 3. The lowest BCUT2D eigenvalue weighted by Gasteiger charge is -2.22. The van der Waals surface area contributed by atoms with E-state index in [1.165, 1.54) is 0 Å². The lowest BCUT2D eigenvalue weighted by atomic mass is 10.1. The third-order valence-electron chi connectivity index (χ3n) is 3.85. The highest BCUT2D eigenvalue weighted by atomic mass is 16.4. The second kappa shape index (κ2) is 10.8. The molecule has 0 bridgehead atoms. The van der Waals surface area contributed by atoms with Crippen LogP contribution >= 0.6 is 0 Å². The smallest absolute Gasteiger partial charge is 0.326 e. The van der Waals surface area contributed by atoms with Crippen molar-refractivity contribution in [2.75, 3.05) is 13.1 Å². The summed E-state index contributed by atoms with van der Waals surface area (Å²) in [5.74, 6) is -5.68. The summed E-state index contributed by atoms with van der Waals surface area (Å²) in [6, 6.07) is -2.56. The van der Waals surface area contributed by atoms with E-state index >= 15 is 0 Å². The van der Waals surface area contributed by atoms with Crippen LogP contribution in [0.4, 0.5) is 0 Å². The summed E-state index contributed by atoms with van der Waals surface area (Å²) in [4.78, 5) is 68.8. The number of nitrogens with zero attached hydrogens (tertiary/aromatic N) is 1. The Balaban J connectivity index is 2.67. The summed E-state index contributed by atoms with van der Waals surface area (Å²) in [7, 11) is 0. The minimum Gasteiger partial charge on any atom is -0.481 e. The first-order valence-electron chi connectivity index (χ1n) is 8.35. The van der Waals surface area contributed by atoms with Gasteiger partial charge in [0.05, 0.1) is 6.04 Å². The number of imide groups is 1. The molecule has 1 heterocycles. The highest BCUT2D eigenvalue weighted by Crippen LogP contribution is 2.05. The van der Waals surface area contributed by atoms with Crippen LogP contribution in [-0.2, 0) is 28.8 Å². The van der Waals surface area contributed by atoms with Crippen molar-refractivity contribution in [3.05, 3.63) is 12.2 Å². The van der Waals surface area contributed by atoms with Crippen molar-refractivity contribution in [2.24, 2.45) is 0 Å². The SMILES string of the molecule is O=C(O)CCC(NC(=O)C(CCC(=O)O)NCCN1C(=O)C=CC1=O)C(=O)O. The predicted molar refractivity (Wildman–Crippen MR) is 91.0 cm³/mol. The number of amides is 3. The number of hydrogen-bond donors (Lipinski definition) is 5. The van der Waals surface area contributed by atoms with Gasteiger partial charge in [0.15, 0.2) is 0 Å². The predicted octanol–water partition coefficient (Wildman–Crippen LogP) is -1.83. The van der Waals surface area contributed by atoms with Gasteiger partial charge in [-0.25, -0.2) is 4.79 Å². The van der Waals surface area contributed by atoms with E-state index in [1.54, 1.807) is 0 Å². The molecule has 0 aromatic heterocycles. The van der Waals surface area contributed by atoms with E-state index in [1.807, 2.05) is 0 Å². The van der Waals surface area contributed by atoms with Gasteiger partial charge in [-0.15, -0.1) is 0 Å². The zero-order chi connectivity index (χ0) is 21.3. The van der Waals surface area contributed by atoms with Crippen molar-refractivity contribution in [3.63, 3.8) is 0 Å². The number of carbonyl (C=O) groups is 6. The maximum Gasteiger partial charge on any atom is 0.326 e. The fraction of sp³-hybridized carbons (Fsp3) is 0.500. The van der Waals surface area contributed by atoms with Crippen LogP contribution in [0.3, 0.4) is 0 Å². The molecule has 0 fully saturated rings. The minimum absolute atomic E-state index is 0.0241. The van der Waals surface area contributed by atoms with Crippen molar-refractivity contribution < 1.29 is 44.1 Å². The van der Waals surface area contributed by atoms with Crippen LogP contribution in [0.25, 0.3) is 0 Å². The van der Waals surface area contributed by atoms with E-state index in [9.17, 15) is 28.8 Å². The number of aliphatic carboxylic acids is 3. The van der Waals surface area contributed by atoms with Gasteiger partial charge in [0.1, 0.15) is 6.04 Å². The Hall–Kier alpha value is -3.28. The van der Waals surface area contributed by atoms with Crippen molar-refractivity contribution in [1.82, 2.24) is 15.5 Å². The van der Waals surface area contributed by atoms with Gasteiger partial charge in [0, 0.05) is 38.1 Å². The van der Waals surface area contributed by atoms with Gasteiger partial charge in [-0.2, -0.15) is 0 Å². The van der Waals surface area contributed by atoms with E-state index < -0.39 is 54.1 Å². The minimum atomic E-state index is -1.45. The second-order valence-electron chi connectivity index (χ2n) is 5.93. The van der Waals surface area contributed by atoms with Gasteiger partial charge >= 0.3 is 17.9 Å². The van der Waals surface area contributed by atoms with Crippen molar-refractivity contribution >= 4 is 35.6 Å². The molecule has 0 saturated heterocycles. The monoisotopic (exact) mass is 399 g/mol. The fourth-order valence-corrected chi connectivity index (χ4v) is 2.39. The van der Waals surface area contributed by atoms with Gasteiger partial charge in [0.25, 0.3) is 11.8 Å². The number of carboxylic acid groups (broad SMARTS) is 3. The number of rotatable bonds is 13. The molecule has 154 valence electrons. The molecular weight excluding hydrogens is 378 g/mol. The Labute approximate surface area is 159 Å². The molecule has 5 N–H and O–H groups in total. The Morgan fingerprint density at radius 1 is 0.893 bits per heavy atom. The average molecular weight is 399 g/mol. The normalized spacial score (nSPS) is 15.4. The lowest BCUT2D eigenvalue weighted by molar-refractivity contribution is -0.144. The van der Waals surface area contributed by atoms with Gasteiger partial charge in [-0.1, -0.05) is 0 Å². The first kappa shape index (κ1) is 22.8. The van der Waals surface area contributed by atoms with Gasteiger partial charge in [-0.3, -0.25) is 28.9 Å². The van der Waals surface area contributed by atoms with Crippen LogP contribution in [0.1, 0.15) is 25.7 Å². The molecule has 3 amide bonds. The van der Waals surface area contributed by atoms with Crippen LogP contribution in [0.15, 0.2) is 12.2 Å². The number of nitrogens with one attached hydrogen (secondary N) is 2. The summed E-state index contributed by atoms with van der Waals surface area (Å²) in [5.41, 5.74) is 0. The first-order chi connectivity index (χ1) is 13.1. The van der Waals surface area contributed by atoms with E-state index in [4.69, 9.17) is 15.3 Å². The Kier molecular flexibility index (Phi) is 8.75. The first-order valence-corrected chi connectivity index (χ1v) is 8.35. The zero-order valence-corrected chi connectivity index (χ0v) is 14.8. The molecule has 0 aromatic carbocycles. The molecule has 1 aliphatic rings. The van der Waals surface area contributed by atoms with Crippen molar-refractivity contribution in [2.45, 2.75) is 37.8 Å². The van der Waals surface area contributed by atoms with Gasteiger partial charge < -0.3 is 26.0 Å². The zero-order valence-electron chi connectivity index (χ0n) is 14.8. The summed E-state index contributed by atoms with van der Waals surface area (Å²) >= 11 is 0. The standard InChI is InChI=1S/C16H21N3O9/c20-11-3-4-12(21)19(11)8-7-17-9(1-5-13(22)23)15(26)18-10(16(27)28)2-6-14(24)25/h3-4,9-10,17H,1-2,5-8H2,(H,18,26)(H,22,23)(H,24,25)(H,27,28). The summed E-state index contributed by atoms with van der Waals surface area (Å²) in [5, 5.41) is 31.4. The third kappa shape index (κ3) is 7.53. The van der Waals surface area contributed by atoms with E-state index in [0.29, 0.717) is 0 Å². The molecule has 1 aliphatic heterocycles. The van der Waals surface area contributed by atoms with Crippen LogP contribution in [0, 0.1) is 0 Å². The fourth-order valence-electron chi connectivity index (χ4n) is 2.39. The van der Waals surface area contributed by atoms with Crippen LogP contribution in [0.5, 0.6) is 0 Å². The molecular formula is C16H21N3O9. The number of carbonyl (C=O) groups excluding carboxylic acids is 3. The molecule has 1 rings (SSSR count). The number of hydrogen-bond acceptors (Lipinski definition) is 7. The molecule has 0 saturated carbocycles. The highest BCUT2D eigenvalue weighted by Gasteiger charge is 2.27. The Morgan fingerprint density at radius 2 is 1.39 bits per heavy atom. The van der Waals surface area contributed by atoms with Gasteiger partial charge in [0.2, 0.25) is 5.91 Å². The molecule has 0 radical (unpaired) electrons. The van der Waals surface area contributed by atoms with E-state index in [0.717, 1.165) is 17.1 Å². The topological polar surface area (TPSA) is 190 Å². The molecule has 28 heavy (non-hydrogen) atoms. The summed E-state index contributed by atoms with van der Waals surface area (Å²) < 4.78 is 0. The average Bonchev–Trinajstić information content (AvgIpc) is 2.92. The summed E-state index contributed by atoms with van der Waals surface area (Å²) in [6.07, 6.45) is 0.808. The third-order valence-corrected chi connectivity index (χ3v) is 3.85. The Bertz CT molecular complexity index is 671. The molecule has 2 atom stereocenters. The largest absolute Gasteiger partial charge is 0.481 e. The van der Waals surface area contributed by atoms with Gasteiger partial charge in [-0.05, 0) is 12.8 Å². The Morgan fingerprint density at radius 3 is 1.86 bits per heavy atom. The molecule has 12 nitrogen and oxygen atoms in total. The van der Waals surface area contributed by atoms with Crippen LogP contribution in [-0.4, -0.2) is 81.0 Å².